The smallest absolute Gasteiger partial charge is 0.162 e. The van der Waals surface area contributed by atoms with Gasteiger partial charge < -0.3 is 10.1 Å². The van der Waals surface area contributed by atoms with Crippen LogP contribution in [0.2, 0.25) is 0 Å². The number of benzene rings is 2. The van der Waals surface area contributed by atoms with Crippen LogP contribution in [0.1, 0.15) is 18.9 Å². The molecule has 0 bridgehead atoms. The Morgan fingerprint density at radius 2 is 1.95 bits per heavy atom. The number of nitrogens with zero attached hydrogens (tertiary/aromatic N) is 1. The minimum absolute atomic E-state index is 0.165. The van der Waals surface area contributed by atoms with E-state index < -0.39 is 5.82 Å². The largest absolute Gasteiger partial charge is 0.494 e. The number of rotatable bonds is 5. The molecule has 1 N–H and O–H groups in total. The van der Waals surface area contributed by atoms with Crippen molar-refractivity contribution < 1.29 is 9.13 Å². The second-order valence-electron chi connectivity index (χ2n) is 4.40. The molecule has 2 rings (SSSR count). The third kappa shape index (κ3) is 3.73. The van der Waals surface area contributed by atoms with Crippen molar-refractivity contribution in [2.75, 3.05) is 11.9 Å². The molecule has 0 saturated carbocycles. The molecular formula is C16H14BrFN2O. The van der Waals surface area contributed by atoms with Crippen LogP contribution in [0.3, 0.4) is 0 Å². The highest BCUT2D eigenvalue weighted by atomic mass is 79.9. The third-order valence-corrected chi connectivity index (χ3v) is 3.58. The predicted octanol–water partition coefficient (Wildman–Crippen LogP) is 4.99. The lowest BCUT2D eigenvalue weighted by atomic mass is 10.2. The van der Waals surface area contributed by atoms with E-state index in [-0.39, 0.29) is 10.0 Å². The van der Waals surface area contributed by atoms with E-state index >= 15 is 0 Å². The standard InChI is InChI=1S/C16H14BrFN2O/c1-2-9-21-13-6-4-12(5-7-13)20-14-8-3-11(10-19)15(17)16(14)18/h3-8,20H,2,9H2,1H3. The van der Waals surface area contributed by atoms with E-state index in [9.17, 15) is 4.39 Å². The van der Waals surface area contributed by atoms with Crippen LogP contribution in [0.4, 0.5) is 15.8 Å². The maximum Gasteiger partial charge on any atom is 0.162 e. The zero-order valence-corrected chi connectivity index (χ0v) is 13.1. The monoisotopic (exact) mass is 348 g/mol. The molecule has 0 aliphatic carbocycles. The first-order valence-corrected chi connectivity index (χ1v) is 7.33. The first-order chi connectivity index (χ1) is 10.2. The summed E-state index contributed by atoms with van der Waals surface area (Å²) in [6, 6.07) is 12.3. The summed E-state index contributed by atoms with van der Waals surface area (Å²) in [5.41, 5.74) is 1.32. The highest BCUT2D eigenvalue weighted by Gasteiger charge is 2.11. The van der Waals surface area contributed by atoms with Gasteiger partial charge in [0.05, 0.1) is 22.3 Å². The summed E-state index contributed by atoms with van der Waals surface area (Å²) in [6.45, 7) is 2.71. The van der Waals surface area contributed by atoms with Gasteiger partial charge in [-0.05, 0) is 58.7 Å². The van der Waals surface area contributed by atoms with Crippen LogP contribution < -0.4 is 10.1 Å². The minimum Gasteiger partial charge on any atom is -0.494 e. The van der Waals surface area contributed by atoms with Gasteiger partial charge in [-0.15, -0.1) is 0 Å². The Kier molecular flexibility index (Phi) is 5.18. The van der Waals surface area contributed by atoms with Crippen LogP contribution >= 0.6 is 15.9 Å². The lowest BCUT2D eigenvalue weighted by Gasteiger charge is -2.10. The van der Waals surface area contributed by atoms with Crippen LogP contribution in [0, 0.1) is 17.1 Å². The van der Waals surface area contributed by atoms with Crippen molar-refractivity contribution >= 4 is 27.3 Å². The van der Waals surface area contributed by atoms with Crippen molar-refractivity contribution in [1.82, 2.24) is 0 Å². The Morgan fingerprint density at radius 3 is 2.57 bits per heavy atom. The molecule has 2 aromatic carbocycles. The molecular weight excluding hydrogens is 335 g/mol. The van der Waals surface area contributed by atoms with Crippen molar-refractivity contribution in [3.05, 3.63) is 52.3 Å². The third-order valence-electron chi connectivity index (χ3n) is 2.81. The summed E-state index contributed by atoms with van der Waals surface area (Å²) in [7, 11) is 0. The minimum atomic E-state index is -0.486. The predicted molar refractivity (Wildman–Crippen MR) is 84.3 cm³/mol. The fourth-order valence-corrected chi connectivity index (χ4v) is 2.18. The second kappa shape index (κ2) is 7.09. The van der Waals surface area contributed by atoms with Crippen LogP contribution in [-0.2, 0) is 0 Å². The van der Waals surface area contributed by atoms with E-state index in [0.29, 0.717) is 12.3 Å². The van der Waals surface area contributed by atoms with E-state index in [2.05, 4.69) is 21.2 Å². The van der Waals surface area contributed by atoms with Crippen molar-refractivity contribution in [3.63, 3.8) is 0 Å². The molecule has 0 saturated heterocycles. The first kappa shape index (κ1) is 15.3. The van der Waals surface area contributed by atoms with Crippen molar-refractivity contribution in [2.24, 2.45) is 0 Å². The van der Waals surface area contributed by atoms with Crippen LogP contribution in [0.15, 0.2) is 40.9 Å². The Morgan fingerprint density at radius 1 is 1.24 bits per heavy atom. The fourth-order valence-electron chi connectivity index (χ4n) is 1.74. The van der Waals surface area contributed by atoms with Crippen molar-refractivity contribution in [2.45, 2.75) is 13.3 Å². The van der Waals surface area contributed by atoms with Gasteiger partial charge in [0.25, 0.3) is 0 Å². The van der Waals surface area contributed by atoms with E-state index in [0.717, 1.165) is 17.9 Å². The highest BCUT2D eigenvalue weighted by Crippen LogP contribution is 2.29. The Hall–Kier alpha value is -2.06. The summed E-state index contributed by atoms with van der Waals surface area (Å²) in [6.07, 6.45) is 0.949. The van der Waals surface area contributed by atoms with Gasteiger partial charge in [0.15, 0.2) is 5.82 Å². The van der Waals surface area contributed by atoms with Crippen LogP contribution in [0.5, 0.6) is 5.75 Å². The summed E-state index contributed by atoms with van der Waals surface area (Å²) in [4.78, 5) is 0. The van der Waals surface area contributed by atoms with Crippen LogP contribution in [-0.4, -0.2) is 6.61 Å². The van der Waals surface area contributed by atoms with Gasteiger partial charge in [-0.3, -0.25) is 0 Å². The van der Waals surface area contributed by atoms with E-state index in [4.69, 9.17) is 10.00 Å². The van der Waals surface area contributed by atoms with Crippen LogP contribution in [0.25, 0.3) is 0 Å². The lowest BCUT2D eigenvalue weighted by Crippen LogP contribution is -1.97. The van der Waals surface area contributed by atoms with E-state index in [1.54, 1.807) is 12.1 Å². The molecule has 0 unspecified atom stereocenters. The molecule has 5 heteroatoms. The molecule has 0 spiro atoms. The Balaban J connectivity index is 2.15. The van der Waals surface area contributed by atoms with Gasteiger partial charge in [0.2, 0.25) is 0 Å². The topological polar surface area (TPSA) is 45.0 Å². The first-order valence-electron chi connectivity index (χ1n) is 6.53. The quantitative estimate of drug-likeness (QED) is 0.827. The number of hydrogen-bond acceptors (Lipinski definition) is 3. The summed E-state index contributed by atoms with van der Waals surface area (Å²) < 4.78 is 19.7. The maximum absolute atomic E-state index is 14.1. The number of nitrogens with one attached hydrogen (secondary N) is 1. The molecule has 0 radical (unpaired) electrons. The molecule has 21 heavy (non-hydrogen) atoms. The molecule has 0 aromatic heterocycles. The Labute approximate surface area is 131 Å². The van der Waals surface area contributed by atoms with Gasteiger partial charge in [-0.2, -0.15) is 5.26 Å². The average molecular weight is 349 g/mol. The molecule has 3 nitrogen and oxygen atoms in total. The molecule has 0 amide bonds. The number of hydrogen-bond donors (Lipinski definition) is 1. The number of ether oxygens (including phenoxy) is 1. The summed E-state index contributed by atoms with van der Waals surface area (Å²) in [5.74, 6) is 0.296. The maximum atomic E-state index is 14.1. The molecule has 0 fully saturated rings. The van der Waals surface area contributed by atoms with Gasteiger partial charge in [0.1, 0.15) is 11.8 Å². The highest BCUT2D eigenvalue weighted by molar-refractivity contribution is 9.10. The molecule has 2 aromatic rings. The fraction of sp³-hybridized carbons (Fsp3) is 0.188. The van der Waals surface area contributed by atoms with Crippen molar-refractivity contribution in [3.8, 4) is 11.8 Å². The molecule has 108 valence electrons. The van der Waals surface area contributed by atoms with Gasteiger partial charge in [0, 0.05) is 5.69 Å². The number of nitriles is 1. The summed E-state index contributed by atoms with van der Waals surface area (Å²) >= 11 is 3.09. The number of halogens is 2. The van der Waals surface area contributed by atoms with Gasteiger partial charge in [-0.25, -0.2) is 4.39 Å². The van der Waals surface area contributed by atoms with E-state index in [1.165, 1.54) is 0 Å². The van der Waals surface area contributed by atoms with E-state index in [1.807, 2.05) is 37.3 Å². The average Bonchev–Trinajstić information content (AvgIpc) is 2.51. The lowest BCUT2D eigenvalue weighted by molar-refractivity contribution is 0.317. The summed E-state index contributed by atoms with van der Waals surface area (Å²) in [5, 5.41) is 11.8. The SMILES string of the molecule is CCCOc1ccc(Nc2ccc(C#N)c(Br)c2F)cc1. The molecule has 0 heterocycles. The second-order valence-corrected chi connectivity index (χ2v) is 5.19. The number of anilines is 2. The zero-order valence-electron chi connectivity index (χ0n) is 11.5. The van der Waals surface area contributed by atoms with Gasteiger partial charge in [-0.1, -0.05) is 6.92 Å². The zero-order chi connectivity index (χ0) is 15.2. The van der Waals surface area contributed by atoms with Gasteiger partial charge >= 0.3 is 0 Å². The van der Waals surface area contributed by atoms with Crippen molar-refractivity contribution in [1.29, 1.82) is 5.26 Å². The normalized spacial score (nSPS) is 10.0. The molecule has 0 aliphatic heterocycles. The molecule has 0 aliphatic rings. The Bertz CT molecular complexity index is 665. The molecule has 0 atom stereocenters.